The van der Waals surface area contributed by atoms with Crippen molar-refractivity contribution in [1.82, 2.24) is 0 Å². The molecular formula is C10H17NO5. The third-order valence-corrected chi connectivity index (χ3v) is 3.53. The number of hydrogen-bond donors (Lipinski definition) is 3. The van der Waals surface area contributed by atoms with Crippen molar-refractivity contribution in [2.45, 2.75) is 43.1 Å². The average molecular weight is 231 g/mol. The van der Waals surface area contributed by atoms with Crippen LogP contribution in [0.4, 0.5) is 0 Å². The van der Waals surface area contributed by atoms with E-state index < -0.39 is 23.4 Å². The van der Waals surface area contributed by atoms with Crippen LogP contribution < -0.4 is 5.73 Å². The first kappa shape index (κ1) is 11.8. The van der Waals surface area contributed by atoms with Gasteiger partial charge in [-0.3, -0.25) is 0 Å². The molecule has 2 aliphatic rings. The van der Waals surface area contributed by atoms with E-state index in [9.17, 15) is 9.90 Å². The van der Waals surface area contributed by atoms with E-state index in [1.54, 1.807) is 0 Å². The zero-order valence-corrected chi connectivity index (χ0v) is 9.02. The lowest BCUT2D eigenvalue weighted by molar-refractivity contribution is -0.192. The van der Waals surface area contributed by atoms with Crippen LogP contribution in [0.2, 0.25) is 0 Å². The molecule has 1 spiro atoms. The second-order valence-corrected chi connectivity index (χ2v) is 4.58. The van der Waals surface area contributed by atoms with Gasteiger partial charge >= 0.3 is 5.97 Å². The Balaban J connectivity index is 2.00. The van der Waals surface area contributed by atoms with E-state index in [1.165, 1.54) is 0 Å². The lowest BCUT2D eigenvalue weighted by atomic mass is 9.76. The second kappa shape index (κ2) is 3.96. The van der Waals surface area contributed by atoms with Crippen LogP contribution >= 0.6 is 0 Å². The monoisotopic (exact) mass is 231 g/mol. The van der Waals surface area contributed by atoms with Gasteiger partial charge in [0.1, 0.15) is 0 Å². The predicted octanol–water partition coefficient (Wildman–Crippen LogP) is -0.554. The van der Waals surface area contributed by atoms with Gasteiger partial charge in [-0.25, -0.2) is 4.79 Å². The van der Waals surface area contributed by atoms with E-state index in [0.717, 1.165) is 0 Å². The number of carboxylic acids is 1. The van der Waals surface area contributed by atoms with Crippen LogP contribution in [0.1, 0.15) is 25.7 Å². The number of ether oxygens (including phenoxy) is 2. The molecule has 6 nitrogen and oxygen atoms in total. The summed E-state index contributed by atoms with van der Waals surface area (Å²) in [5.74, 6) is -1.85. The van der Waals surface area contributed by atoms with Crippen molar-refractivity contribution >= 4 is 5.97 Å². The Morgan fingerprint density at radius 3 is 2.12 bits per heavy atom. The van der Waals surface area contributed by atoms with Crippen molar-refractivity contribution in [3.63, 3.8) is 0 Å². The van der Waals surface area contributed by atoms with E-state index in [1.807, 2.05) is 0 Å². The molecule has 4 N–H and O–H groups in total. The third-order valence-electron chi connectivity index (χ3n) is 3.53. The molecule has 0 amide bonds. The van der Waals surface area contributed by atoms with E-state index in [4.69, 9.17) is 20.3 Å². The largest absolute Gasteiger partial charge is 0.479 e. The maximum Gasteiger partial charge on any atom is 0.334 e. The summed E-state index contributed by atoms with van der Waals surface area (Å²) in [6, 6.07) is 0. The summed E-state index contributed by atoms with van der Waals surface area (Å²) in [7, 11) is 0. The fourth-order valence-electron chi connectivity index (χ4n) is 2.40. The molecule has 2 fully saturated rings. The molecular weight excluding hydrogens is 214 g/mol. The van der Waals surface area contributed by atoms with Crippen molar-refractivity contribution in [2.24, 2.45) is 5.73 Å². The van der Waals surface area contributed by atoms with Gasteiger partial charge in [0.25, 0.3) is 0 Å². The van der Waals surface area contributed by atoms with Crippen molar-refractivity contribution in [2.75, 3.05) is 13.2 Å². The number of aliphatic hydroxyl groups is 1. The van der Waals surface area contributed by atoms with Crippen molar-refractivity contribution < 1.29 is 24.5 Å². The Hall–Kier alpha value is -0.690. The number of hydrogen-bond acceptors (Lipinski definition) is 5. The standard InChI is InChI=1S/C10H17NO5/c11-9(7(12)8(13)14)1-3-10(4-2-9)15-5-6-16-10/h7,12H,1-6,11H2,(H,13,14). The Kier molecular flexibility index (Phi) is 2.91. The highest BCUT2D eigenvalue weighted by Crippen LogP contribution is 2.40. The molecule has 0 aromatic heterocycles. The summed E-state index contributed by atoms with van der Waals surface area (Å²) in [5.41, 5.74) is 4.85. The molecule has 1 aliphatic carbocycles. The number of carboxylic acid groups (broad SMARTS) is 1. The first-order chi connectivity index (χ1) is 7.48. The topological polar surface area (TPSA) is 102 Å². The van der Waals surface area contributed by atoms with Gasteiger partial charge in [0.05, 0.1) is 18.8 Å². The summed E-state index contributed by atoms with van der Waals surface area (Å²) >= 11 is 0. The summed E-state index contributed by atoms with van der Waals surface area (Å²) in [4.78, 5) is 10.7. The number of aliphatic carboxylic acids is 1. The molecule has 0 aromatic rings. The van der Waals surface area contributed by atoms with Crippen LogP contribution in [0.5, 0.6) is 0 Å². The maximum absolute atomic E-state index is 10.7. The number of aliphatic hydroxyl groups excluding tert-OH is 1. The molecule has 2 rings (SSSR count). The second-order valence-electron chi connectivity index (χ2n) is 4.58. The smallest absolute Gasteiger partial charge is 0.334 e. The minimum atomic E-state index is -1.52. The van der Waals surface area contributed by atoms with E-state index in [2.05, 4.69) is 0 Å². The van der Waals surface area contributed by atoms with Crippen molar-refractivity contribution in [1.29, 1.82) is 0 Å². The molecule has 1 unspecified atom stereocenters. The zero-order valence-electron chi connectivity index (χ0n) is 9.02. The van der Waals surface area contributed by atoms with Crippen molar-refractivity contribution in [3.8, 4) is 0 Å². The molecule has 1 atom stereocenters. The lowest BCUT2D eigenvalue weighted by Gasteiger charge is -2.42. The minimum Gasteiger partial charge on any atom is -0.479 e. The molecule has 1 saturated carbocycles. The first-order valence-electron chi connectivity index (χ1n) is 5.45. The molecule has 1 saturated heterocycles. The molecule has 0 bridgehead atoms. The van der Waals surface area contributed by atoms with Gasteiger partial charge < -0.3 is 25.4 Å². The van der Waals surface area contributed by atoms with Gasteiger partial charge in [-0.15, -0.1) is 0 Å². The molecule has 16 heavy (non-hydrogen) atoms. The van der Waals surface area contributed by atoms with Crippen LogP contribution in [-0.4, -0.2) is 46.8 Å². The minimum absolute atomic E-state index is 0.389. The van der Waals surface area contributed by atoms with Gasteiger partial charge in [0, 0.05) is 12.8 Å². The lowest BCUT2D eigenvalue weighted by Crippen LogP contribution is -2.58. The van der Waals surface area contributed by atoms with Crippen LogP contribution in [-0.2, 0) is 14.3 Å². The van der Waals surface area contributed by atoms with Crippen molar-refractivity contribution in [3.05, 3.63) is 0 Å². The van der Waals surface area contributed by atoms with Crippen LogP contribution in [0, 0.1) is 0 Å². The molecule has 1 heterocycles. The molecule has 6 heteroatoms. The normalized spacial score (nSPS) is 29.1. The maximum atomic E-state index is 10.7. The summed E-state index contributed by atoms with van der Waals surface area (Å²) in [5, 5.41) is 18.3. The average Bonchev–Trinajstić information content (AvgIpc) is 2.71. The first-order valence-corrected chi connectivity index (χ1v) is 5.45. The Labute approximate surface area is 93.3 Å². The highest BCUT2D eigenvalue weighted by Gasteiger charge is 2.49. The number of carbonyl (C=O) groups is 1. The van der Waals surface area contributed by atoms with Gasteiger partial charge in [-0.1, -0.05) is 0 Å². The van der Waals surface area contributed by atoms with Gasteiger partial charge in [0.15, 0.2) is 11.9 Å². The molecule has 92 valence electrons. The molecule has 0 aromatic carbocycles. The Morgan fingerprint density at radius 2 is 1.69 bits per heavy atom. The predicted molar refractivity (Wildman–Crippen MR) is 53.7 cm³/mol. The summed E-state index contributed by atoms with van der Waals surface area (Å²) < 4.78 is 11.0. The van der Waals surface area contributed by atoms with E-state index in [-0.39, 0.29) is 0 Å². The Morgan fingerprint density at radius 1 is 1.19 bits per heavy atom. The van der Waals surface area contributed by atoms with Gasteiger partial charge in [-0.05, 0) is 12.8 Å². The molecule has 0 radical (unpaired) electrons. The van der Waals surface area contributed by atoms with E-state index in [0.29, 0.717) is 38.9 Å². The zero-order chi connectivity index (χ0) is 11.8. The highest BCUT2D eigenvalue weighted by atomic mass is 16.7. The molecule has 1 aliphatic heterocycles. The van der Waals surface area contributed by atoms with Crippen LogP contribution in [0.3, 0.4) is 0 Å². The quantitative estimate of drug-likeness (QED) is 0.589. The van der Waals surface area contributed by atoms with Gasteiger partial charge in [0.2, 0.25) is 0 Å². The third kappa shape index (κ3) is 1.93. The summed E-state index contributed by atoms with van der Waals surface area (Å²) in [6.45, 7) is 1.14. The Bertz CT molecular complexity index is 277. The highest BCUT2D eigenvalue weighted by molar-refractivity contribution is 5.73. The SMILES string of the molecule is NC1(C(O)C(=O)O)CCC2(CC1)OCCO2. The van der Waals surface area contributed by atoms with Crippen LogP contribution in [0.15, 0.2) is 0 Å². The fraction of sp³-hybridized carbons (Fsp3) is 0.900. The number of rotatable bonds is 2. The van der Waals surface area contributed by atoms with Crippen LogP contribution in [0.25, 0.3) is 0 Å². The van der Waals surface area contributed by atoms with Gasteiger partial charge in [-0.2, -0.15) is 0 Å². The summed E-state index contributed by atoms with van der Waals surface area (Å²) in [6.07, 6.45) is 0.328. The fourth-order valence-corrected chi connectivity index (χ4v) is 2.40. The van der Waals surface area contributed by atoms with E-state index >= 15 is 0 Å². The number of nitrogens with two attached hydrogens (primary N) is 1.